The number of hydrogen-bond donors (Lipinski definition) is 0. The Labute approximate surface area is 102 Å². The van der Waals surface area contributed by atoms with Crippen LogP contribution in [0.5, 0.6) is 0 Å². The lowest BCUT2D eigenvalue weighted by atomic mass is 10.0. The first-order valence-electron chi connectivity index (χ1n) is 5.77. The molecule has 2 heteroatoms. The van der Waals surface area contributed by atoms with Crippen LogP contribution in [0.4, 0.5) is 0 Å². The molecule has 0 atom stereocenters. The Hall–Kier alpha value is -1.83. The van der Waals surface area contributed by atoms with Crippen LogP contribution in [0.15, 0.2) is 36.4 Å². The molecule has 2 nitrogen and oxygen atoms in total. The van der Waals surface area contributed by atoms with Crippen LogP contribution in [0.3, 0.4) is 0 Å². The van der Waals surface area contributed by atoms with E-state index in [1.807, 2.05) is 7.05 Å². The molecule has 0 radical (unpaired) electrons. The Morgan fingerprint density at radius 1 is 1.12 bits per heavy atom. The number of fused-ring (bicyclic) bond motifs is 1. The maximum atomic E-state index is 11.2. The van der Waals surface area contributed by atoms with Crippen molar-refractivity contribution in [2.24, 2.45) is 0 Å². The van der Waals surface area contributed by atoms with Crippen molar-refractivity contribution >= 4 is 16.7 Å². The molecule has 0 heterocycles. The SMILES string of the molecule is CC(=O)N(C)Cc1ccc2cc(C)ccc2c1. The van der Waals surface area contributed by atoms with Gasteiger partial charge < -0.3 is 4.90 Å². The Balaban J connectivity index is 2.32. The maximum Gasteiger partial charge on any atom is 0.219 e. The van der Waals surface area contributed by atoms with Crippen molar-refractivity contribution in [2.45, 2.75) is 20.4 Å². The predicted octanol–water partition coefficient (Wildman–Crippen LogP) is 3.13. The second kappa shape index (κ2) is 4.58. The van der Waals surface area contributed by atoms with Gasteiger partial charge in [-0.3, -0.25) is 4.79 Å². The molecule has 17 heavy (non-hydrogen) atoms. The largest absolute Gasteiger partial charge is 0.342 e. The summed E-state index contributed by atoms with van der Waals surface area (Å²) in [6.07, 6.45) is 0. The van der Waals surface area contributed by atoms with Gasteiger partial charge in [0.2, 0.25) is 5.91 Å². The second-order valence-corrected chi connectivity index (χ2v) is 4.56. The van der Waals surface area contributed by atoms with Crippen LogP contribution in [0, 0.1) is 6.92 Å². The van der Waals surface area contributed by atoms with Crippen molar-refractivity contribution < 1.29 is 4.79 Å². The summed E-state index contributed by atoms with van der Waals surface area (Å²) in [6.45, 7) is 4.35. The first-order chi connectivity index (χ1) is 8.06. The van der Waals surface area contributed by atoms with Gasteiger partial charge in [0.05, 0.1) is 0 Å². The minimum Gasteiger partial charge on any atom is -0.342 e. The zero-order valence-corrected chi connectivity index (χ0v) is 10.5. The first kappa shape index (κ1) is 11.6. The van der Waals surface area contributed by atoms with Crippen molar-refractivity contribution in [3.8, 4) is 0 Å². The highest BCUT2D eigenvalue weighted by atomic mass is 16.2. The highest BCUT2D eigenvalue weighted by Crippen LogP contribution is 2.18. The zero-order valence-electron chi connectivity index (χ0n) is 10.5. The summed E-state index contributed by atoms with van der Waals surface area (Å²) in [4.78, 5) is 12.9. The van der Waals surface area contributed by atoms with Crippen molar-refractivity contribution in [1.29, 1.82) is 0 Å². The van der Waals surface area contributed by atoms with Crippen LogP contribution in [0.25, 0.3) is 10.8 Å². The molecule has 0 saturated carbocycles. The molecule has 0 aliphatic heterocycles. The molecular weight excluding hydrogens is 210 g/mol. The molecule has 1 amide bonds. The lowest BCUT2D eigenvalue weighted by Crippen LogP contribution is -2.22. The van der Waals surface area contributed by atoms with Gasteiger partial charge in [0.1, 0.15) is 0 Å². The summed E-state index contributed by atoms with van der Waals surface area (Å²) in [5.41, 5.74) is 2.44. The topological polar surface area (TPSA) is 20.3 Å². The van der Waals surface area contributed by atoms with E-state index in [2.05, 4.69) is 43.3 Å². The van der Waals surface area contributed by atoms with E-state index in [1.165, 1.54) is 21.9 Å². The average molecular weight is 227 g/mol. The van der Waals surface area contributed by atoms with E-state index in [0.717, 1.165) is 0 Å². The fraction of sp³-hybridized carbons (Fsp3) is 0.267. The monoisotopic (exact) mass is 227 g/mol. The van der Waals surface area contributed by atoms with Gasteiger partial charge in [-0.25, -0.2) is 0 Å². The van der Waals surface area contributed by atoms with Crippen LogP contribution in [-0.2, 0) is 11.3 Å². The summed E-state index contributed by atoms with van der Waals surface area (Å²) in [6, 6.07) is 12.8. The molecule has 0 unspecified atom stereocenters. The molecule has 0 fully saturated rings. The molecule has 88 valence electrons. The van der Waals surface area contributed by atoms with Gasteiger partial charge in [0.25, 0.3) is 0 Å². The molecular formula is C15H17NO. The normalized spacial score (nSPS) is 10.5. The quantitative estimate of drug-likeness (QED) is 0.772. The van der Waals surface area contributed by atoms with Gasteiger partial charge in [-0.05, 0) is 29.3 Å². The molecule has 0 aliphatic rings. The molecule has 2 aromatic carbocycles. The molecule has 2 rings (SSSR count). The van der Waals surface area contributed by atoms with E-state index in [4.69, 9.17) is 0 Å². The van der Waals surface area contributed by atoms with Gasteiger partial charge in [-0.1, -0.05) is 35.9 Å². The van der Waals surface area contributed by atoms with Crippen LogP contribution >= 0.6 is 0 Å². The predicted molar refractivity (Wildman–Crippen MR) is 70.8 cm³/mol. The minimum absolute atomic E-state index is 0.0917. The van der Waals surface area contributed by atoms with Crippen molar-refractivity contribution in [2.75, 3.05) is 7.05 Å². The van der Waals surface area contributed by atoms with Gasteiger partial charge in [0.15, 0.2) is 0 Å². The number of nitrogens with zero attached hydrogens (tertiary/aromatic N) is 1. The first-order valence-corrected chi connectivity index (χ1v) is 5.77. The third-order valence-electron chi connectivity index (χ3n) is 3.02. The summed E-state index contributed by atoms with van der Waals surface area (Å²) < 4.78 is 0. The number of carbonyl (C=O) groups excluding carboxylic acids is 1. The lowest BCUT2D eigenvalue weighted by molar-refractivity contribution is -0.128. The Morgan fingerprint density at radius 3 is 2.47 bits per heavy atom. The summed E-state index contributed by atoms with van der Waals surface area (Å²) in [7, 11) is 1.82. The van der Waals surface area contributed by atoms with Crippen molar-refractivity contribution in [3.05, 3.63) is 47.5 Å². The molecule has 0 bridgehead atoms. The van der Waals surface area contributed by atoms with E-state index in [-0.39, 0.29) is 5.91 Å². The number of hydrogen-bond acceptors (Lipinski definition) is 1. The number of carbonyl (C=O) groups is 1. The fourth-order valence-corrected chi connectivity index (χ4v) is 1.90. The van der Waals surface area contributed by atoms with Gasteiger partial charge >= 0.3 is 0 Å². The Kier molecular flexibility index (Phi) is 3.14. The van der Waals surface area contributed by atoms with E-state index in [1.54, 1.807) is 11.8 Å². The lowest BCUT2D eigenvalue weighted by Gasteiger charge is -2.15. The van der Waals surface area contributed by atoms with Crippen LogP contribution in [-0.4, -0.2) is 17.9 Å². The van der Waals surface area contributed by atoms with Crippen molar-refractivity contribution in [3.63, 3.8) is 0 Å². The number of aryl methyl sites for hydroxylation is 1. The van der Waals surface area contributed by atoms with E-state index in [9.17, 15) is 4.79 Å². The van der Waals surface area contributed by atoms with Crippen LogP contribution in [0.1, 0.15) is 18.1 Å². The highest BCUT2D eigenvalue weighted by molar-refractivity contribution is 5.84. The van der Waals surface area contributed by atoms with E-state index < -0.39 is 0 Å². The zero-order chi connectivity index (χ0) is 12.4. The van der Waals surface area contributed by atoms with Gasteiger partial charge in [-0.15, -0.1) is 0 Å². The number of benzene rings is 2. The fourth-order valence-electron chi connectivity index (χ4n) is 1.90. The smallest absolute Gasteiger partial charge is 0.219 e. The third-order valence-corrected chi connectivity index (χ3v) is 3.02. The van der Waals surface area contributed by atoms with Crippen LogP contribution < -0.4 is 0 Å². The summed E-state index contributed by atoms with van der Waals surface area (Å²) in [5, 5.41) is 2.48. The summed E-state index contributed by atoms with van der Waals surface area (Å²) >= 11 is 0. The standard InChI is InChI=1S/C15H17NO/c1-11-4-6-15-9-13(5-7-14(15)8-11)10-16(3)12(2)17/h4-9H,10H2,1-3H3. The van der Waals surface area contributed by atoms with Crippen molar-refractivity contribution in [1.82, 2.24) is 4.90 Å². The molecule has 2 aromatic rings. The van der Waals surface area contributed by atoms with E-state index >= 15 is 0 Å². The molecule has 0 N–H and O–H groups in total. The van der Waals surface area contributed by atoms with E-state index in [0.29, 0.717) is 6.54 Å². The maximum absolute atomic E-state index is 11.2. The molecule has 0 aliphatic carbocycles. The second-order valence-electron chi connectivity index (χ2n) is 4.56. The molecule has 0 saturated heterocycles. The third kappa shape index (κ3) is 2.64. The molecule has 0 spiro atoms. The number of rotatable bonds is 2. The Bertz CT molecular complexity index is 560. The number of amides is 1. The van der Waals surface area contributed by atoms with Gasteiger partial charge in [0, 0.05) is 20.5 Å². The Morgan fingerprint density at radius 2 is 1.76 bits per heavy atom. The highest BCUT2D eigenvalue weighted by Gasteiger charge is 2.04. The average Bonchev–Trinajstić information content (AvgIpc) is 2.29. The molecule has 0 aromatic heterocycles. The van der Waals surface area contributed by atoms with Crippen LogP contribution in [0.2, 0.25) is 0 Å². The summed E-state index contributed by atoms with van der Waals surface area (Å²) in [5.74, 6) is 0.0917. The van der Waals surface area contributed by atoms with Gasteiger partial charge in [-0.2, -0.15) is 0 Å². The minimum atomic E-state index is 0.0917.